The van der Waals surface area contributed by atoms with Crippen molar-refractivity contribution in [3.63, 3.8) is 0 Å². The molecule has 0 aliphatic heterocycles. The highest BCUT2D eigenvalue weighted by molar-refractivity contribution is 5.82. The van der Waals surface area contributed by atoms with Crippen molar-refractivity contribution in [3.8, 4) is 0 Å². The van der Waals surface area contributed by atoms with Crippen molar-refractivity contribution in [2.24, 2.45) is 0 Å². The van der Waals surface area contributed by atoms with Crippen LogP contribution in [0.1, 0.15) is 59.7 Å². The minimum absolute atomic E-state index is 0.163. The van der Waals surface area contributed by atoms with Gasteiger partial charge in [0.05, 0.1) is 12.7 Å². The molecule has 0 unspecified atom stereocenters. The molecule has 0 amide bonds. The maximum atomic E-state index is 11.6. The van der Waals surface area contributed by atoms with Gasteiger partial charge in [-0.05, 0) is 47.6 Å². The van der Waals surface area contributed by atoms with E-state index < -0.39 is 0 Å². The Kier molecular flexibility index (Phi) is 10.1. The number of rotatable bonds is 6. The Hall–Kier alpha value is -4.82. The standard InChI is InChI=1S/C9H13N5O.C9H13N5.C8H13N3O/c1-5(2)14-4-11-6-7(14)12-9(10-3)13-8(6)15;1-6(2)14-5-13-7-8(10-3)11-4-12-9(7)14;1-6(2)11-5-4-7(9-3)10-8(11)12/h4-5H,1-3H3,(H2,10,12,13,15);4-6H,1-3H3,(H,10,11,12);4-6H,1-3H3,(H,9,10,12). The number of nitrogens with one attached hydrogen (secondary N) is 4. The fourth-order valence-corrected chi connectivity index (χ4v) is 3.78. The van der Waals surface area contributed by atoms with Crippen LogP contribution in [0.4, 0.5) is 17.6 Å². The molecule has 0 saturated heterocycles. The van der Waals surface area contributed by atoms with Crippen LogP contribution in [0.3, 0.4) is 0 Å². The van der Waals surface area contributed by atoms with Gasteiger partial charge in [-0.3, -0.25) is 14.3 Å². The van der Waals surface area contributed by atoms with Crippen molar-refractivity contribution in [2.75, 3.05) is 37.1 Å². The van der Waals surface area contributed by atoms with Gasteiger partial charge in [-0.2, -0.15) is 9.97 Å². The van der Waals surface area contributed by atoms with Gasteiger partial charge in [-0.25, -0.2) is 24.7 Å². The first-order valence-corrected chi connectivity index (χ1v) is 13.3. The molecule has 0 atom stereocenters. The van der Waals surface area contributed by atoms with Crippen LogP contribution in [0.25, 0.3) is 22.3 Å². The van der Waals surface area contributed by atoms with Gasteiger partial charge in [0, 0.05) is 45.5 Å². The molecular weight excluding hydrogens is 526 g/mol. The summed E-state index contributed by atoms with van der Waals surface area (Å²) in [6.45, 7) is 12.1. The zero-order valence-electron chi connectivity index (χ0n) is 25.0. The second-order valence-corrected chi connectivity index (χ2v) is 9.82. The third-order valence-corrected chi connectivity index (χ3v) is 6.02. The summed E-state index contributed by atoms with van der Waals surface area (Å²) in [5, 5.41) is 8.61. The van der Waals surface area contributed by atoms with Crippen LogP contribution < -0.4 is 27.2 Å². The highest BCUT2D eigenvalue weighted by Crippen LogP contribution is 2.19. The quantitative estimate of drug-likeness (QED) is 0.238. The van der Waals surface area contributed by atoms with Gasteiger partial charge < -0.3 is 25.1 Å². The Morgan fingerprint density at radius 2 is 1.32 bits per heavy atom. The van der Waals surface area contributed by atoms with Crippen LogP contribution in [-0.2, 0) is 0 Å². The topological polar surface area (TPSA) is 178 Å². The van der Waals surface area contributed by atoms with Crippen molar-refractivity contribution < 1.29 is 0 Å². The maximum Gasteiger partial charge on any atom is 0.349 e. The second-order valence-electron chi connectivity index (χ2n) is 9.82. The van der Waals surface area contributed by atoms with E-state index in [0.29, 0.717) is 29.0 Å². The summed E-state index contributed by atoms with van der Waals surface area (Å²) in [7, 11) is 5.28. The summed E-state index contributed by atoms with van der Waals surface area (Å²) in [6.07, 6.45) is 6.72. The number of H-pyrrole nitrogens is 1. The second kappa shape index (κ2) is 13.5. The van der Waals surface area contributed by atoms with Crippen molar-refractivity contribution in [3.05, 3.63) is 52.1 Å². The van der Waals surface area contributed by atoms with E-state index in [2.05, 4.69) is 64.7 Å². The van der Waals surface area contributed by atoms with E-state index in [1.807, 2.05) is 43.9 Å². The Balaban J connectivity index is 0.000000170. The van der Waals surface area contributed by atoms with Crippen LogP contribution in [0.2, 0.25) is 0 Å². The first-order chi connectivity index (χ1) is 19.5. The summed E-state index contributed by atoms with van der Waals surface area (Å²) >= 11 is 0. The van der Waals surface area contributed by atoms with Crippen LogP contribution in [0, 0.1) is 0 Å². The fourth-order valence-electron chi connectivity index (χ4n) is 3.78. The SMILES string of the molecule is CNc1ccn(C(C)C)c(=O)n1.CNc1nc2c(ncn2C(C)C)c(=O)[nH]1.CNc1ncnc2c1ncn2C(C)C. The van der Waals surface area contributed by atoms with Crippen LogP contribution in [-0.4, -0.2) is 69.7 Å². The molecule has 4 N–H and O–H groups in total. The molecule has 0 aromatic carbocycles. The highest BCUT2D eigenvalue weighted by Gasteiger charge is 2.12. The first kappa shape index (κ1) is 30.7. The molecular formula is C26H39N13O2. The molecule has 0 fully saturated rings. The lowest BCUT2D eigenvalue weighted by molar-refractivity contribution is 0.564. The van der Waals surface area contributed by atoms with Crippen molar-refractivity contribution in [1.29, 1.82) is 0 Å². The van der Waals surface area contributed by atoms with E-state index in [1.165, 1.54) is 0 Å². The minimum atomic E-state index is -0.219. The molecule has 5 aromatic heterocycles. The molecule has 0 aliphatic carbocycles. The molecule has 5 rings (SSSR count). The van der Waals surface area contributed by atoms with E-state index in [9.17, 15) is 9.59 Å². The number of hydrogen-bond donors (Lipinski definition) is 4. The number of anilines is 3. The average molecular weight is 566 g/mol. The minimum Gasteiger partial charge on any atom is -0.373 e. The lowest BCUT2D eigenvalue weighted by Gasteiger charge is -2.08. The molecule has 0 spiro atoms. The Bertz CT molecular complexity index is 1700. The molecule has 0 aliphatic rings. The Morgan fingerprint density at radius 1 is 0.707 bits per heavy atom. The van der Waals surface area contributed by atoms with E-state index in [4.69, 9.17) is 0 Å². The molecule has 15 nitrogen and oxygen atoms in total. The van der Waals surface area contributed by atoms with Gasteiger partial charge in [-0.15, -0.1) is 0 Å². The van der Waals surface area contributed by atoms with Gasteiger partial charge in [0.2, 0.25) is 5.95 Å². The highest BCUT2D eigenvalue weighted by atomic mass is 16.1. The number of imidazole rings is 2. The van der Waals surface area contributed by atoms with Gasteiger partial charge in [0.25, 0.3) is 5.56 Å². The Morgan fingerprint density at radius 3 is 1.85 bits per heavy atom. The number of fused-ring (bicyclic) bond motifs is 2. The summed E-state index contributed by atoms with van der Waals surface area (Å²) in [6, 6.07) is 2.53. The van der Waals surface area contributed by atoms with Crippen molar-refractivity contribution in [2.45, 2.75) is 59.7 Å². The molecule has 5 aromatic rings. The fraction of sp³-hybridized carbons (Fsp3) is 0.462. The molecule has 0 saturated carbocycles. The van der Waals surface area contributed by atoms with E-state index in [1.54, 1.807) is 49.9 Å². The molecule has 220 valence electrons. The summed E-state index contributed by atoms with van der Waals surface area (Å²) in [4.78, 5) is 50.2. The maximum absolute atomic E-state index is 11.6. The van der Waals surface area contributed by atoms with Crippen LogP contribution in [0.5, 0.6) is 0 Å². The lowest BCUT2D eigenvalue weighted by Crippen LogP contribution is -2.24. The van der Waals surface area contributed by atoms with Crippen molar-refractivity contribution >= 4 is 39.9 Å². The molecule has 0 radical (unpaired) electrons. The normalized spacial score (nSPS) is 10.9. The first-order valence-electron chi connectivity index (χ1n) is 13.3. The Labute approximate surface area is 237 Å². The van der Waals surface area contributed by atoms with Gasteiger partial charge in [0.15, 0.2) is 22.6 Å². The van der Waals surface area contributed by atoms with Crippen molar-refractivity contribution in [1.82, 2.24) is 48.6 Å². The van der Waals surface area contributed by atoms with E-state index in [0.717, 1.165) is 17.0 Å². The predicted molar refractivity (Wildman–Crippen MR) is 162 cm³/mol. The van der Waals surface area contributed by atoms with E-state index >= 15 is 0 Å². The van der Waals surface area contributed by atoms with Gasteiger partial charge in [0.1, 0.15) is 17.7 Å². The molecule has 5 heterocycles. The third-order valence-electron chi connectivity index (χ3n) is 6.02. The van der Waals surface area contributed by atoms with Gasteiger partial charge in [-0.1, -0.05) is 0 Å². The largest absolute Gasteiger partial charge is 0.373 e. The van der Waals surface area contributed by atoms with Gasteiger partial charge >= 0.3 is 5.69 Å². The smallest absolute Gasteiger partial charge is 0.349 e. The molecule has 15 heteroatoms. The predicted octanol–water partition coefficient (Wildman–Crippen LogP) is 3.06. The summed E-state index contributed by atoms with van der Waals surface area (Å²) in [5.74, 6) is 1.83. The lowest BCUT2D eigenvalue weighted by atomic mass is 10.4. The van der Waals surface area contributed by atoms with Crippen LogP contribution in [0.15, 0.2) is 40.8 Å². The number of hydrogen-bond acceptors (Lipinski definition) is 11. The summed E-state index contributed by atoms with van der Waals surface area (Å²) in [5.41, 5.74) is 2.25. The zero-order chi connectivity index (χ0) is 30.3. The molecule has 0 bridgehead atoms. The number of nitrogens with zero attached hydrogens (tertiary/aromatic N) is 9. The third kappa shape index (κ3) is 7.04. The van der Waals surface area contributed by atoms with Crippen LogP contribution >= 0.6 is 0 Å². The zero-order valence-corrected chi connectivity index (χ0v) is 25.0. The molecule has 41 heavy (non-hydrogen) atoms. The number of aromatic nitrogens is 10. The summed E-state index contributed by atoms with van der Waals surface area (Å²) < 4.78 is 5.48. The monoisotopic (exact) mass is 565 g/mol. The number of aromatic amines is 1. The van der Waals surface area contributed by atoms with E-state index in [-0.39, 0.29) is 23.3 Å². The average Bonchev–Trinajstić information content (AvgIpc) is 3.58.